The monoisotopic (exact) mass is 306 g/mol. The van der Waals surface area contributed by atoms with Gasteiger partial charge in [0.15, 0.2) is 5.82 Å². The Hall–Kier alpha value is -1.76. The highest BCUT2D eigenvalue weighted by atomic mass is 32.1. The predicted molar refractivity (Wildman–Crippen MR) is 78.4 cm³/mol. The normalized spacial score (nSPS) is 19.0. The zero-order chi connectivity index (χ0) is 14.8. The molecule has 112 valence electrons. The van der Waals surface area contributed by atoms with Gasteiger partial charge in [0.2, 0.25) is 5.89 Å². The van der Waals surface area contributed by atoms with E-state index in [1.54, 1.807) is 6.20 Å². The minimum atomic E-state index is 0.0631. The highest BCUT2D eigenvalue weighted by Gasteiger charge is 2.29. The maximum absolute atomic E-state index is 12.5. The van der Waals surface area contributed by atoms with Gasteiger partial charge in [-0.2, -0.15) is 4.98 Å². The second kappa shape index (κ2) is 5.93. The molecule has 2 aromatic heterocycles. The van der Waals surface area contributed by atoms with Gasteiger partial charge < -0.3 is 9.42 Å². The van der Waals surface area contributed by atoms with Crippen molar-refractivity contribution in [2.45, 2.75) is 39.0 Å². The average molecular weight is 306 g/mol. The zero-order valence-corrected chi connectivity index (χ0v) is 13.0. The number of hydrogen-bond acceptors (Lipinski definition) is 6. The summed E-state index contributed by atoms with van der Waals surface area (Å²) in [5.74, 6) is 1.49. The van der Waals surface area contributed by atoms with E-state index in [-0.39, 0.29) is 11.8 Å². The van der Waals surface area contributed by atoms with E-state index in [0.29, 0.717) is 23.1 Å². The number of hydrogen-bond donors (Lipinski definition) is 0. The van der Waals surface area contributed by atoms with Crippen molar-refractivity contribution in [3.63, 3.8) is 0 Å². The van der Waals surface area contributed by atoms with E-state index in [1.165, 1.54) is 11.3 Å². The first kappa shape index (κ1) is 14.2. The van der Waals surface area contributed by atoms with Crippen LogP contribution in [0.4, 0.5) is 0 Å². The molecule has 2 aromatic rings. The molecule has 7 heteroatoms. The van der Waals surface area contributed by atoms with Crippen molar-refractivity contribution in [2.24, 2.45) is 0 Å². The Morgan fingerprint density at radius 1 is 1.57 bits per heavy atom. The van der Waals surface area contributed by atoms with Gasteiger partial charge in [-0.15, -0.1) is 11.3 Å². The molecule has 0 saturated carbocycles. The summed E-state index contributed by atoms with van der Waals surface area (Å²) in [6.45, 7) is 5.27. The van der Waals surface area contributed by atoms with Crippen molar-refractivity contribution in [3.05, 3.63) is 27.8 Å². The van der Waals surface area contributed by atoms with Crippen LogP contribution in [0.25, 0.3) is 0 Å². The van der Waals surface area contributed by atoms with Crippen LogP contribution in [0.3, 0.4) is 0 Å². The van der Waals surface area contributed by atoms with E-state index in [0.717, 1.165) is 30.8 Å². The molecule has 1 aliphatic heterocycles. The maximum Gasteiger partial charge on any atom is 0.265 e. The van der Waals surface area contributed by atoms with Crippen molar-refractivity contribution < 1.29 is 9.32 Å². The van der Waals surface area contributed by atoms with Gasteiger partial charge in [-0.3, -0.25) is 4.79 Å². The van der Waals surface area contributed by atoms with Gasteiger partial charge in [0, 0.05) is 13.1 Å². The van der Waals surface area contributed by atoms with E-state index in [9.17, 15) is 4.79 Å². The van der Waals surface area contributed by atoms with Crippen LogP contribution in [0.2, 0.25) is 0 Å². The zero-order valence-electron chi connectivity index (χ0n) is 12.2. The lowest BCUT2D eigenvalue weighted by Gasteiger charge is -2.30. The van der Waals surface area contributed by atoms with Gasteiger partial charge in [0.1, 0.15) is 4.88 Å². The van der Waals surface area contributed by atoms with Crippen LogP contribution < -0.4 is 0 Å². The molecule has 0 aromatic carbocycles. The summed E-state index contributed by atoms with van der Waals surface area (Å²) in [5.41, 5.74) is 0. The summed E-state index contributed by atoms with van der Waals surface area (Å²) in [7, 11) is 0. The molecule has 0 spiro atoms. The van der Waals surface area contributed by atoms with Crippen LogP contribution >= 0.6 is 11.3 Å². The molecule has 0 N–H and O–H groups in total. The predicted octanol–water partition coefficient (Wildman–Crippen LogP) is 2.42. The molecule has 1 amide bonds. The standard InChI is InChI=1S/C14H18N4O2S/c1-3-12-15-7-11(21-12)14(19)18-6-4-5-10(8-18)13-16-9(2)17-20-13/h7,10H,3-6,8H2,1-2H3/t10-/m1/s1. The molecule has 0 radical (unpaired) electrons. The Balaban J connectivity index is 1.72. The first-order chi connectivity index (χ1) is 10.2. The molecule has 1 fully saturated rings. The molecule has 21 heavy (non-hydrogen) atoms. The molecule has 1 saturated heterocycles. The highest BCUT2D eigenvalue weighted by Crippen LogP contribution is 2.27. The largest absolute Gasteiger partial charge is 0.339 e. The number of thiazole rings is 1. The average Bonchev–Trinajstić information content (AvgIpc) is 3.15. The van der Waals surface area contributed by atoms with Crippen LogP contribution in [0, 0.1) is 6.92 Å². The minimum absolute atomic E-state index is 0.0631. The summed E-state index contributed by atoms with van der Waals surface area (Å²) in [4.78, 5) is 23.7. The van der Waals surface area contributed by atoms with E-state index in [4.69, 9.17) is 4.52 Å². The fraction of sp³-hybridized carbons (Fsp3) is 0.571. The fourth-order valence-electron chi connectivity index (χ4n) is 2.57. The van der Waals surface area contributed by atoms with Gasteiger partial charge in [-0.05, 0) is 26.2 Å². The summed E-state index contributed by atoms with van der Waals surface area (Å²) in [6.07, 6.45) is 4.49. The van der Waals surface area contributed by atoms with Crippen molar-refractivity contribution in [1.82, 2.24) is 20.0 Å². The van der Waals surface area contributed by atoms with E-state index in [2.05, 4.69) is 15.1 Å². The van der Waals surface area contributed by atoms with Gasteiger partial charge in [-0.25, -0.2) is 4.98 Å². The second-order valence-electron chi connectivity index (χ2n) is 5.24. The van der Waals surface area contributed by atoms with Crippen molar-refractivity contribution in [3.8, 4) is 0 Å². The lowest BCUT2D eigenvalue weighted by molar-refractivity contribution is 0.0700. The van der Waals surface area contributed by atoms with Crippen LogP contribution in [0.5, 0.6) is 0 Å². The SMILES string of the molecule is CCc1ncc(C(=O)N2CCC[C@@H](c3nc(C)no3)C2)s1. The summed E-state index contributed by atoms with van der Waals surface area (Å²) < 4.78 is 5.25. The number of likely N-dealkylation sites (tertiary alicyclic amines) is 1. The van der Waals surface area contributed by atoms with Crippen molar-refractivity contribution in [2.75, 3.05) is 13.1 Å². The first-order valence-corrected chi connectivity index (χ1v) is 8.03. The molecule has 0 bridgehead atoms. The Bertz CT molecular complexity index is 636. The minimum Gasteiger partial charge on any atom is -0.339 e. The van der Waals surface area contributed by atoms with Crippen LogP contribution in [-0.2, 0) is 6.42 Å². The van der Waals surface area contributed by atoms with Gasteiger partial charge in [-0.1, -0.05) is 12.1 Å². The molecule has 6 nitrogen and oxygen atoms in total. The quantitative estimate of drug-likeness (QED) is 0.870. The lowest BCUT2D eigenvalue weighted by Crippen LogP contribution is -2.38. The Morgan fingerprint density at radius 2 is 2.43 bits per heavy atom. The first-order valence-electron chi connectivity index (χ1n) is 7.21. The molecule has 3 heterocycles. The maximum atomic E-state index is 12.5. The topological polar surface area (TPSA) is 72.1 Å². The molecular weight excluding hydrogens is 288 g/mol. The number of rotatable bonds is 3. The fourth-order valence-corrected chi connectivity index (χ4v) is 3.40. The molecule has 0 unspecified atom stereocenters. The Morgan fingerprint density at radius 3 is 3.10 bits per heavy atom. The third-order valence-electron chi connectivity index (χ3n) is 3.67. The summed E-state index contributed by atoms with van der Waals surface area (Å²) in [6, 6.07) is 0. The Kier molecular flexibility index (Phi) is 4.01. The van der Waals surface area contributed by atoms with Gasteiger partial charge in [0.25, 0.3) is 5.91 Å². The Labute approximate surface area is 127 Å². The van der Waals surface area contributed by atoms with E-state index >= 15 is 0 Å². The van der Waals surface area contributed by atoms with Crippen molar-refractivity contribution in [1.29, 1.82) is 0 Å². The summed E-state index contributed by atoms with van der Waals surface area (Å²) in [5, 5.41) is 4.84. The van der Waals surface area contributed by atoms with Gasteiger partial charge in [0.05, 0.1) is 17.1 Å². The van der Waals surface area contributed by atoms with E-state index < -0.39 is 0 Å². The number of aromatic nitrogens is 3. The third kappa shape index (κ3) is 2.97. The van der Waals surface area contributed by atoms with E-state index in [1.807, 2.05) is 18.7 Å². The molecule has 1 atom stereocenters. The number of carbonyl (C=O) groups excluding carboxylic acids is 1. The number of carbonyl (C=O) groups is 1. The lowest BCUT2D eigenvalue weighted by atomic mass is 9.98. The molecular formula is C14H18N4O2S. The van der Waals surface area contributed by atoms with Crippen LogP contribution in [-0.4, -0.2) is 39.0 Å². The number of amides is 1. The third-order valence-corrected chi connectivity index (χ3v) is 4.80. The molecule has 1 aliphatic rings. The van der Waals surface area contributed by atoms with Crippen LogP contribution in [0.15, 0.2) is 10.7 Å². The van der Waals surface area contributed by atoms with Crippen LogP contribution in [0.1, 0.15) is 52.1 Å². The smallest absolute Gasteiger partial charge is 0.265 e. The number of aryl methyl sites for hydroxylation is 2. The van der Waals surface area contributed by atoms with Gasteiger partial charge >= 0.3 is 0 Å². The number of nitrogens with zero attached hydrogens (tertiary/aromatic N) is 4. The summed E-state index contributed by atoms with van der Waals surface area (Å²) >= 11 is 1.48. The molecule has 3 rings (SSSR count). The van der Waals surface area contributed by atoms with Crippen molar-refractivity contribution >= 4 is 17.2 Å². The second-order valence-corrected chi connectivity index (χ2v) is 6.36. The molecule has 0 aliphatic carbocycles. The highest BCUT2D eigenvalue weighted by molar-refractivity contribution is 7.13. The number of piperidine rings is 1.